The van der Waals surface area contributed by atoms with Crippen LogP contribution < -0.4 is 15.4 Å². The fourth-order valence-corrected chi connectivity index (χ4v) is 1.85. The highest BCUT2D eigenvalue weighted by molar-refractivity contribution is 5.41. The van der Waals surface area contributed by atoms with Crippen LogP contribution in [-0.2, 0) is 13.1 Å². The van der Waals surface area contributed by atoms with Gasteiger partial charge in [-0.25, -0.2) is 4.98 Å². The van der Waals surface area contributed by atoms with Gasteiger partial charge in [0.2, 0.25) is 0 Å². The Labute approximate surface area is 113 Å². The number of benzene rings is 1. The summed E-state index contributed by atoms with van der Waals surface area (Å²) in [5, 5.41) is 0. The molecule has 0 saturated heterocycles. The molecule has 5 nitrogen and oxygen atoms in total. The van der Waals surface area contributed by atoms with Gasteiger partial charge in [-0.05, 0) is 6.07 Å². The molecule has 0 bridgehead atoms. The highest BCUT2D eigenvalue weighted by atomic mass is 16.5. The number of anilines is 1. The predicted octanol–water partition coefficient (Wildman–Crippen LogP) is 1.58. The summed E-state index contributed by atoms with van der Waals surface area (Å²) in [5.41, 5.74) is 7.46. The number of rotatable bonds is 5. The van der Waals surface area contributed by atoms with Crippen molar-refractivity contribution in [2.24, 2.45) is 5.73 Å². The third-order valence-corrected chi connectivity index (χ3v) is 2.87. The highest BCUT2D eigenvalue weighted by Gasteiger charge is 2.08. The van der Waals surface area contributed by atoms with Crippen molar-refractivity contribution in [1.82, 2.24) is 9.97 Å². The van der Waals surface area contributed by atoms with Crippen LogP contribution in [0, 0.1) is 0 Å². The fraction of sp³-hybridized carbons (Fsp3) is 0.286. The van der Waals surface area contributed by atoms with Crippen LogP contribution in [0.5, 0.6) is 5.75 Å². The molecule has 0 atom stereocenters. The maximum atomic E-state index is 5.58. The summed E-state index contributed by atoms with van der Waals surface area (Å²) in [6, 6.07) is 7.94. The lowest BCUT2D eigenvalue weighted by Gasteiger charge is -2.19. The van der Waals surface area contributed by atoms with Crippen LogP contribution in [0.1, 0.15) is 11.3 Å². The highest BCUT2D eigenvalue weighted by Crippen LogP contribution is 2.20. The van der Waals surface area contributed by atoms with Crippen LogP contribution >= 0.6 is 0 Å². The Bertz CT molecular complexity index is 544. The molecule has 2 N–H and O–H groups in total. The predicted molar refractivity (Wildman–Crippen MR) is 75.0 cm³/mol. The van der Waals surface area contributed by atoms with Gasteiger partial charge in [-0.3, -0.25) is 4.98 Å². The molecule has 0 aliphatic carbocycles. The van der Waals surface area contributed by atoms with E-state index in [1.165, 1.54) is 0 Å². The molecular formula is C14H18N4O. The summed E-state index contributed by atoms with van der Waals surface area (Å²) >= 11 is 0. The zero-order valence-corrected chi connectivity index (χ0v) is 11.2. The number of hydrogen-bond acceptors (Lipinski definition) is 5. The first-order valence-electron chi connectivity index (χ1n) is 6.08. The second kappa shape index (κ2) is 6.15. The van der Waals surface area contributed by atoms with Crippen LogP contribution in [0.15, 0.2) is 36.7 Å². The van der Waals surface area contributed by atoms with E-state index in [2.05, 4.69) is 9.97 Å². The summed E-state index contributed by atoms with van der Waals surface area (Å²) in [7, 11) is 3.64. The largest absolute Gasteiger partial charge is 0.496 e. The van der Waals surface area contributed by atoms with Gasteiger partial charge in [-0.1, -0.05) is 18.2 Å². The Balaban J connectivity index is 2.18. The first kappa shape index (κ1) is 13.3. The molecule has 1 aromatic heterocycles. The van der Waals surface area contributed by atoms with Crippen LogP contribution in [0.2, 0.25) is 0 Å². The van der Waals surface area contributed by atoms with Crippen molar-refractivity contribution in [3.05, 3.63) is 47.9 Å². The SMILES string of the molecule is COc1ccccc1CN(C)c1cncc(CN)n1. The van der Waals surface area contributed by atoms with Crippen molar-refractivity contribution in [3.8, 4) is 5.75 Å². The van der Waals surface area contributed by atoms with Crippen LogP contribution in [0.3, 0.4) is 0 Å². The molecular weight excluding hydrogens is 240 g/mol. The van der Waals surface area contributed by atoms with Crippen molar-refractivity contribution in [3.63, 3.8) is 0 Å². The average Bonchev–Trinajstić information content (AvgIpc) is 2.47. The third-order valence-electron chi connectivity index (χ3n) is 2.87. The zero-order valence-electron chi connectivity index (χ0n) is 11.2. The number of ether oxygens (including phenoxy) is 1. The first-order chi connectivity index (χ1) is 9.24. The molecule has 0 unspecified atom stereocenters. The van der Waals surface area contributed by atoms with Crippen molar-refractivity contribution in [2.75, 3.05) is 19.1 Å². The number of nitrogens with two attached hydrogens (primary N) is 1. The molecule has 0 aliphatic heterocycles. The van der Waals surface area contributed by atoms with Gasteiger partial charge in [0.1, 0.15) is 11.6 Å². The molecule has 1 heterocycles. The van der Waals surface area contributed by atoms with Gasteiger partial charge in [0.05, 0.1) is 19.0 Å². The molecule has 2 rings (SSSR count). The smallest absolute Gasteiger partial charge is 0.147 e. The van der Waals surface area contributed by atoms with E-state index < -0.39 is 0 Å². The summed E-state index contributed by atoms with van der Waals surface area (Å²) in [6.45, 7) is 1.09. The Hall–Kier alpha value is -2.14. The second-order valence-electron chi connectivity index (χ2n) is 4.24. The Morgan fingerprint density at radius 1 is 1.26 bits per heavy atom. The molecule has 0 spiro atoms. The zero-order chi connectivity index (χ0) is 13.7. The lowest BCUT2D eigenvalue weighted by atomic mass is 10.2. The summed E-state index contributed by atoms with van der Waals surface area (Å²) in [5.74, 6) is 1.67. The minimum Gasteiger partial charge on any atom is -0.496 e. The second-order valence-corrected chi connectivity index (χ2v) is 4.24. The van der Waals surface area contributed by atoms with Gasteiger partial charge in [0, 0.05) is 31.9 Å². The van der Waals surface area contributed by atoms with E-state index >= 15 is 0 Å². The van der Waals surface area contributed by atoms with Crippen LogP contribution in [-0.4, -0.2) is 24.1 Å². The van der Waals surface area contributed by atoms with Gasteiger partial charge in [0.25, 0.3) is 0 Å². The number of nitrogens with zero attached hydrogens (tertiary/aromatic N) is 3. The topological polar surface area (TPSA) is 64.3 Å². The minimum atomic E-state index is 0.392. The number of para-hydroxylation sites is 1. The standard InChI is InChI=1S/C14H18N4O/c1-18(14-9-16-8-12(7-15)17-14)10-11-5-3-4-6-13(11)19-2/h3-6,8-9H,7,10,15H2,1-2H3. The van der Waals surface area contributed by atoms with Crippen molar-refractivity contribution in [2.45, 2.75) is 13.1 Å². The maximum Gasteiger partial charge on any atom is 0.147 e. The summed E-state index contributed by atoms with van der Waals surface area (Å²) in [4.78, 5) is 10.6. The van der Waals surface area contributed by atoms with Crippen molar-refractivity contribution >= 4 is 5.82 Å². The van der Waals surface area contributed by atoms with E-state index in [0.717, 1.165) is 22.8 Å². The molecule has 0 amide bonds. The molecule has 0 radical (unpaired) electrons. The molecule has 0 fully saturated rings. The Morgan fingerprint density at radius 3 is 2.79 bits per heavy atom. The lowest BCUT2D eigenvalue weighted by molar-refractivity contribution is 0.409. The summed E-state index contributed by atoms with van der Waals surface area (Å²) < 4.78 is 5.34. The van der Waals surface area contributed by atoms with Crippen LogP contribution in [0.25, 0.3) is 0 Å². The Morgan fingerprint density at radius 2 is 2.05 bits per heavy atom. The van der Waals surface area contributed by atoms with Crippen molar-refractivity contribution in [1.29, 1.82) is 0 Å². The third kappa shape index (κ3) is 3.20. The van der Waals surface area contributed by atoms with Gasteiger partial charge in [-0.2, -0.15) is 0 Å². The lowest BCUT2D eigenvalue weighted by Crippen LogP contribution is -2.19. The molecule has 0 saturated carbocycles. The van der Waals surface area contributed by atoms with Gasteiger partial charge in [-0.15, -0.1) is 0 Å². The van der Waals surface area contributed by atoms with Crippen LogP contribution in [0.4, 0.5) is 5.82 Å². The normalized spacial score (nSPS) is 10.3. The summed E-state index contributed by atoms with van der Waals surface area (Å²) in [6.07, 6.45) is 3.41. The van der Waals surface area contributed by atoms with E-state index in [1.807, 2.05) is 36.2 Å². The van der Waals surface area contributed by atoms with E-state index in [9.17, 15) is 0 Å². The first-order valence-corrected chi connectivity index (χ1v) is 6.08. The molecule has 2 aromatic rings. The fourth-order valence-electron chi connectivity index (χ4n) is 1.85. The maximum absolute atomic E-state index is 5.58. The number of aromatic nitrogens is 2. The number of hydrogen-bond donors (Lipinski definition) is 1. The number of methoxy groups -OCH3 is 1. The molecule has 1 aromatic carbocycles. The quantitative estimate of drug-likeness (QED) is 0.882. The van der Waals surface area contributed by atoms with Gasteiger partial charge >= 0.3 is 0 Å². The van der Waals surface area contributed by atoms with E-state index in [4.69, 9.17) is 10.5 Å². The molecule has 19 heavy (non-hydrogen) atoms. The van der Waals surface area contributed by atoms with Crippen molar-refractivity contribution < 1.29 is 4.74 Å². The molecule has 0 aliphatic rings. The monoisotopic (exact) mass is 258 g/mol. The average molecular weight is 258 g/mol. The van der Waals surface area contributed by atoms with Gasteiger partial charge in [0.15, 0.2) is 0 Å². The molecule has 100 valence electrons. The van der Waals surface area contributed by atoms with E-state index in [0.29, 0.717) is 13.1 Å². The minimum absolute atomic E-state index is 0.392. The van der Waals surface area contributed by atoms with E-state index in [-0.39, 0.29) is 0 Å². The molecule has 5 heteroatoms. The van der Waals surface area contributed by atoms with E-state index in [1.54, 1.807) is 19.5 Å². The van der Waals surface area contributed by atoms with Gasteiger partial charge < -0.3 is 15.4 Å². The Kier molecular flexibility index (Phi) is 4.30.